The van der Waals surface area contributed by atoms with E-state index in [4.69, 9.17) is 9.47 Å². The number of amides is 1. The average Bonchev–Trinajstić information content (AvgIpc) is 3.17. The molecule has 1 saturated heterocycles. The van der Waals surface area contributed by atoms with Crippen LogP contribution in [0.25, 0.3) is 0 Å². The molecular weight excluding hydrogens is 380 g/mol. The van der Waals surface area contributed by atoms with E-state index in [1.165, 1.54) is 7.11 Å². The number of methoxy groups -OCH3 is 1. The van der Waals surface area contributed by atoms with Crippen LogP contribution in [0, 0.1) is 24.7 Å². The fraction of sp³-hybridized carbons (Fsp3) is 0.583. The molecule has 0 spiro atoms. The van der Waals surface area contributed by atoms with Gasteiger partial charge in [0, 0.05) is 24.1 Å². The molecule has 162 valence electrons. The third kappa shape index (κ3) is 4.46. The Hall–Kier alpha value is -2.52. The maximum absolute atomic E-state index is 12.9. The Morgan fingerprint density at radius 3 is 2.73 bits per heavy atom. The number of likely N-dealkylation sites (N-methyl/N-ethyl adjacent to an activating group) is 1. The molecule has 6 heteroatoms. The fourth-order valence-electron chi connectivity index (χ4n) is 4.54. The molecular formula is C24H32N2O4. The Bertz CT molecular complexity index is 856. The van der Waals surface area contributed by atoms with Crippen LogP contribution in [0.4, 0.5) is 4.79 Å². The highest BCUT2D eigenvalue weighted by Gasteiger charge is 2.54. The van der Waals surface area contributed by atoms with Gasteiger partial charge in [0.05, 0.1) is 7.11 Å². The van der Waals surface area contributed by atoms with Gasteiger partial charge in [-0.15, -0.1) is 0 Å². The predicted molar refractivity (Wildman–Crippen MR) is 115 cm³/mol. The normalized spacial score (nSPS) is 26.4. The molecule has 1 aromatic carbocycles. The minimum absolute atomic E-state index is 0.0269. The SMILES string of the molecule is COC(=O)N1CC[C@@H]2[C@H]1CCC[C@]2(C#Cc1cccc(C)c1)OC(=O)[C@H](C)N(C)C. The molecule has 4 atom stereocenters. The Morgan fingerprint density at radius 2 is 2.07 bits per heavy atom. The number of hydrogen-bond acceptors (Lipinski definition) is 5. The first-order chi connectivity index (χ1) is 14.3. The summed E-state index contributed by atoms with van der Waals surface area (Å²) in [6, 6.07) is 7.60. The Morgan fingerprint density at radius 1 is 1.30 bits per heavy atom. The van der Waals surface area contributed by atoms with E-state index >= 15 is 0 Å². The minimum atomic E-state index is -0.906. The molecule has 1 heterocycles. The van der Waals surface area contributed by atoms with Gasteiger partial charge in [-0.05, 0) is 77.2 Å². The van der Waals surface area contributed by atoms with Crippen LogP contribution in [0.5, 0.6) is 0 Å². The summed E-state index contributed by atoms with van der Waals surface area (Å²) in [4.78, 5) is 28.8. The molecule has 0 unspecified atom stereocenters. The van der Waals surface area contributed by atoms with Gasteiger partial charge in [-0.2, -0.15) is 0 Å². The minimum Gasteiger partial charge on any atom is -0.453 e. The zero-order valence-corrected chi connectivity index (χ0v) is 18.6. The molecule has 1 saturated carbocycles. The number of likely N-dealkylation sites (tertiary alicyclic amines) is 1. The summed E-state index contributed by atoms with van der Waals surface area (Å²) in [7, 11) is 5.12. The second-order valence-electron chi connectivity index (χ2n) is 8.59. The molecule has 3 rings (SSSR count). The van der Waals surface area contributed by atoms with Crippen molar-refractivity contribution in [2.24, 2.45) is 5.92 Å². The monoisotopic (exact) mass is 412 g/mol. The van der Waals surface area contributed by atoms with Crippen molar-refractivity contribution in [2.75, 3.05) is 27.7 Å². The smallest absolute Gasteiger partial charge is 0.409 e. The Labute approximate surface area is 179 Å². The molecule has 0 aromatic heterocycles. The van der Waals surface area contributed by atoms with Crippen molar-refractivity contribution >= 4 is 12.1 Å². The van der Waals surface area contributed by atoms with Gasteiger partial charge >= 0.3 is 12.1 Å². The number of ether oxygens (including phenoxy) is 2. The highest BCUT2D eigenvalue weighted by atomic mass is 16.6. The maximum atomic E-state index is 12.9. The molecule has 2 aliphatic rings. The van der Waals surface area contributed by atoms with Gasteiger partial charge in [0.1, 0.15) is 6.04 Å². The third-order valence-electron chi connectivity index (χ3n) is 6.44. The Balaban J connectivity index is 1.97. The summed E-state index contributed by atoms with van der Waals surface area (Å²) in [6.45, 7) is 4.46. The molecule has 30 heavy (non-hydrogen) atoms. The zero-order valence-electron chi connectivity index (χ0n) is 18.6. The molecule has 0 radical (unpaired) electrons. The van der Waals surface area contributed by atoms with Gasteiger partial charge in [0.2, 0.25) is 0 Å². The predicted octanol–water partition coefficient (Wildman–Crippen LogP) is 3.22. The van der Waals surface area contributed by atoms with Crippen molar-refractivity contribution in [2.45, 2.75) is 57.2 Å². The van der Waals surface area contributed by atoms with Crippen LogP contribution >= 0.6 is 0 Å². The highest BCUT2D eigenvalue weighted by Crippen LogP contribution is 2.45. The fourth-order valence-corrected chi connectivity index (χ4v) is 4.54. The van der Waals surface area contributed by atoms with Crippen LogP contribution < -0.4 is 0 Å². The lowest BCUT2D eigenvalue weighted by molar-refractivity contribution is -0.167. The van der Waals surface area contributed by atoms with Crippen LogP contribution in [0.3, 0.4) is 0 Å². The first kappa shape index (κ1) is 22.2. The standard InChI is InChI=1S/C24H32N2O4/c1-17-8-6-9-19(16-17)11-14-24(30-22(27)18(2)25(3)4)13-7-10-21-20(24)12-15-26(21)23(28)29-5/h6,8-9,16,18,20-21H,7,10,12-13,15H2,1-5H3/t18-,20+,21+,24+/m0/s1. The number of esters is 1. The quantitative estimate of drug-likeness (QED) is 0.564. The number of fused-ring (bicyclic) bond motifs is 1. The van der Waals surface area contributed by atoms with E-state index in [1.54, 1.807) is 4.90 Å². The van der Waals surface area contributed by atoms with Crippen LogP contribution in [-0.2, 0) is 14.3 Å². The van der Waals surface area contributed by atoms with E-state index in [2.05, 4.69) is 11.8 Å². The summed E-state index contributed by atoms with van der Waals surface area (Å²) >= 11 is 0. The van der Waals surface area contributed by atoms with Crippen molar-refractivity contribution in [3.05, 3.63) is 35.4 Å². The second kappa shape index (κ2) is 9.09. The number of nitrogens with zero attached hydrogens (tertiary/aromatic N) is 2. The Kier molecular flexibility index (Phi) is 6.72. The summed E-state index contributed by atoms with van der Waals surface area (Å²) < 4.78 is 11.2. The van der Waals surface area contributed by atoms with E-state index < -0.39 is 5.60 Å². The van der Waals surface area contributed by atoms with Crippen molar-refractivity contribution in [1.29, 1.82) is 0 Å². The lowest BCUT2D eigenvalue weighted by Gasteiger charge is -2.43. The van der Waals surface area contributed by atoms with Gasteiger partial charge in [0.25, 0.3) is 0 Å². The summed E-state index contributed by atoms with van der Waals surface area (Å²) in [5, 5.41) is 0. The van der Waals surface area contributed by atoms with E-state index in [1.807, 2.05) is 57.1 Å². The summed E-state index contributed by atoms with van der Waals surface area (Å²) in [6.07, 6.45) is 2.80. The summed E-state index contributed by atoms with van der Waals surface area (Å²) in [5.41, 5.74) is 1.13. The zero-order chi connectivity index (χ0) is 21.9. The molecule has 2 fully saturated rings. The summed E-state index contributed by atoms with van der Waals surface area (Å²) in [5.74, 6) is 6.32. The number of benzene rings is 1. The molecule has 1 amide bonds. The third-order valence-corrected chi connectivity index (χ3v) is 6.44. The molecule has 6 nitrogen and oxygen atoms in total. The molecule has 1 aromatic rings. The van der Waals surface area contributed by atoms with E-state index in [0.717, 1.165) is 30.4 Å². The van der Waals surface area contributed by atoms with Crippen molar-refractivity contribution in [3.8, 4) is 11.8 Å². The van der Waals surface area contributed by atoms with Crippen molar-refractivity contribution in [3.63, 3.8) is 0 Å². The lowest BCUT2D eigenvalue weighted by Crippen LogP contribution is -2.53. The number of carbonyl (C=O) groups excluding carboxylic acids is 2. The first-order valence-electron chi connectivity index (χ1n) is 10.6. The molecule has 1 aliphatic heterocycles. The lowest BCUT2D eigenvalue weighted by atomic mass is 9.72. The van der Waals surface area contributed by atoms with E-state index in [0.29, 0.717) is 13.0 Å². The van der Waals surface area contributed by atoms with Crippen molar-refractivity contribution in [1.82, 2.24) is 9.80 Å². The highest BCUT2D eigenvalue weighted by molar-refractivity contribution is 5.76. The number of rotatable bonds is 3. The average molecular weight is 413 g/mol. The van der Waals surface area contributed by atoms with Gasteiger partial charge in [-0.25, -0.2) is 4.79 Å². The second-order valence-corrected chi connectivity index (χ2v) is 8.59. The largest absolute Gasteiger partial charge is 0.453 e. The van der Waals surface area contributed by atoms with Crippen LogP contribution in [0.1, 0.15) is 43.7 Å². The van der Waals surface area contributed by atoms with Crippen LogP contribution in [0.2, 0.25) is 0 Å². The number of aryl methyl sites for hydroxylation is 1. The van der Waals surface area contributed by atoms with Crippen LogP contribution in [-0.4, -0.2) is 67.3 Å². The van der Waals surface area contributed by atoms with Gasteiger partial charge < -0.3 is 14.4 Å². The van der Waals surface area contributed by atoms with Gasteiger partial charge in [-0.1, -0.05) is 18.1 Å². The topological polar surface area (TPSA) is 59.1 Å². The number of hydrogen-bond donors (Lipinski definition) is 0. The molecule has 1 aliphatic carbocycles. The van der Waals surface area contributed by atoms with Gasteiger partial charge in [0.15, 0.2) is 5.60 Å². The first-order valence-corrected chi connectivity index (χ1v) is 10.6. The van der Waals surface area contributed by atoms with Crippen molar-refractivity contribution < 1.29 is 19.1 Å². The van der Waals surface area contributed by atoms with E-state index in [-0.39, 0.29) is 30.1 Å². The number of carbonyl (C=O) groups is 2. The molecule has 0 bridgehead atoms. The van der Waals surface area contributed by atoms with Gasteiger partial charge in [-0.3, -0.25) is 9.69 Å². The van der Waals surface area contributed by atoms with E-state index in [9.17, 15) is 9.59 Å². The van der Waals surface area contributed by atoms with Crippen LogP contribution in [0.15, 0.2) is 24.3 Å². The molecule has 0 N–H and O–H groups in total. The maximum Gasteiger partial charge on any atom is 0.409 e.